The first kappa shape index (κ1) is 27.5. The van der Waals surface area contributed by atoms with E-state index in [1.54, 1.807) is 12.1 Å². The molecule has 0 bridgehead atoms. The molecule has 2 nitrogen and oxygen atoms in total. The van der Waals surface area contributed by atoms with E-state index in [1.165, 1.54) is 12.1 Å². The van der Waals surface area contributed by atoms with E-state index in [9.17, 15) is 30.7 Å². The molecule has 2 atom stereocenters. The molecule has 1 fully saturated rings. The van der Waals surface area contributed by atoms with Crippen molar-refractivity contribution in [2.75, 3.05) is 6.54 Å². The molecule has 0 unspecified atom stereocenters. The minimum Gasteiger partial charge on any atom is -0.309 e. The second-order valence-corrected chi connectivity index (χ2v) is 7.03. The monoisotopic (exact) mass is 492 g/mol. The van der Waals surface area contributed by atoms with Crippen LogP contribution in [0.15, 0.2) is 42.5 Å². The maximum atomic E-state index is 13.2. The Labute approximate surface area is 187 Å². The highest BCUT2D eigenvalue weighted by Gasteiger charge is 2.37. The number of alkyl halides is 6. The van der Waals surface area contributed by atoms with Gasteiger partial charge in [-0.05, 0) is 60.8 Å². The zero-order valence-electron chi connectivity index (χ0n) is 16.0. The van der Waals surface area contributed by atoms with Crippen LogP contribution in [0.25, 0.3) is 0 Å². The van der Waals surface area contributed by atoms with E-state index in [-0.39, 0.29) is 55.1 Å². The van der Waals surface area contributed by atoms with Crippen molar-refractivity contribution in [3.8, 4) is 0 Å². The Bertz CT molecular complexity index is 807. The number of halogens is 9. The number of benzene rings is 2. The molecule has 0 amide bonds. The van der Waals surface area contributed by atoms with Crippen LogP contribution in [-0.2, 0) is 18.9 Å². The summed E-state index contributed by atoms with van der Waals surface area (Å²) >= 11 is 0. The molecule has 0 spiro atoms. The van der Waals surface area contributed by atoms with Gasteiger partial charge in [-0.15, -0.1) is 24.8 Å². The highest BCUT2D eigenvalue weighted by Crippen LogP contribution is 2.36. The zero-order valence-corrected chi connectivity index (χ0v) is 17.6. The molecule has 31 heavy (non-hydrogen) atoms. The molecular weight excluding hydrogens is 472 g/mol. The molecule has 0 aliphatic carbocycles. The molecule has 3 rings (SSSR count). The molecule has 1 aliphatic rings. The van der Waals surface area contributed by atoms with Crippen LogP contribution in [0.4, 0.5) is 30.7 Å². The Kier molecular flexibility index (Phi) is 9.62. The minimum atomic E-state index is -4.88. The van der Waals surface area contributed by atoms with Gasteiger partial charge in [0.2, 0.25) is 0 Å². The van der Waals surface area contributed by atoms with Crippen LogP contribution in [0.5, 0.6) is 0 Å². The highest BCUT2D eigenvalue weighted by molar-refractivity contribution is 5.85. The summed E-state index contributed by atoms with van der Waals surface area (Å²) in [6.07, 6.45) is -8.27. The molecule has 174 valence electrons. The van der Waals surface area contributed by atoms with E-state index >= 15 is 0 Å². The van der Waals surface area contributed by atoms with Crippen molar-refractivity contribution in [2.24, 2.45) is 0 Å². The lowest BCUT2D eigenvalue weighted by Gasteiger charge is -2.34. The van der Waals surface area contributed by atoms with Gasteiger partial charge >= 0.3 is 12.4 Å². The third-order valence-electron chi connectivity index (χ3n) is 4.90. The van der Waals surface area contributed by atoms with E-state index in [0.29, 0.717) is 13.0 Å². The van der Waals surface area contributed by atoms with Crippen molar-refractivity contribution in [1.29, 1.82) is 0 Å². The van der Waals surface area contributed by atoms with Gasteiger partial charge in [0.15, 0.2) is 0 Å². The van der Waals surface area contributed by atoms with E-state index in [1.807, 2.05) is 0 Å². The topological polar surface area (TPSA) is 24.1 Å². The fourth-order valence-electron chi connectivity index (χ4n) is 3.50. The predicted molar refractivity (Wildman–Crippen MR) is 108 cm³/mol. The van der Waals surface area contributed by atoms with Crippen molar-refractivity contribution >= 4 is 24.8 Å². The molecule has 1 saturated heterocycles. The number of hydrogen-bond donors (Lipinski definition) is 2. The summed E-state index contributed by atoms with van der Waals surface area (Å²) in [4.78, 5) is 0. The Morgan fingerprint density at radius 1 is 0.871 bits per heavy atom. The maximum Gasteiger partial charge on any atom is 0.416 e. The van der Waals surface area contributed by atoms with Crippen LogP contribution in [0.3, 0.4) is 0 Å². The summed E-state index contributed by atoms with van der Waals surface area (Å²) in [5.74, 6) is -0.391. The molecule has 2 aromatic rings. The zero-order chi connectivity index (χ0) is 21.2. The van der Waals surface area contributed by atoms with Gasteiger partial charge in [-0.2, -0.15) is 26.3 Å². The fraction of sp³-hybridized carbons (Fsp3) is 0.400. The van der Waals surface area contributed by atoms with Crippen molar-refractivity contribution < 1.29 is 30.7 Å². The second kappa shape index (κ2) is 10.8. The summed E-state index contributed by atoms with van der Waals surface area (Å²) in [6, 6.07) is 6.97. The van der Waals surface area contributed by atoms with Gasteiger partial charge in [-0.25, -0.2) is 4.39 Å². The standard InChI is InChI=1S/C20H19F7N2.2ClH/c21-16-5-3-13(4-6-16)18-17(2-1-7-28-18)29-11-12-8-14(19(22,23)24)10-15(9-12)20(25,26)27;;/h3-6,8-10,17-18,28-29H,1-2,7,11H2;2*1H/t17-,18-;;/m1../s1. The van der Waals surface area contributed by atoms with Crippen molar-refractivity contribution in [1.82, 2.24) is 10.6 Å². The molecule has 2 aromatic carbocycles. The van der Waals surface area contributed by atoms with Gasteiger partial charge in [0.25, 0.3) is 0 Å². The van der Waals surface area contributed by atoms with Gasteiger partial charge in [-0.3, -0.25) is 0 Å². The Hall–Kier alpha value is -1.55. The van der Waals surface area contributed by atoms with E-state index in [2.05, 4.69) is 10.6 Å². The van der Waals surface area contributed by atoms with Crippen LogP contribution < -0.4 is 10.6 Å². The first-order valence-electron chi connectivity index (χ1n) is 9.04. The quantitative estimate of drug-likeness (QED) is 0.490. The highest BCUT2D eigenvalue weighted by atomic mass is 35.5. The average molecular weight is 493 g/mol. The Morgan fingerprint density at radius 2 is 1.42 bits per heavy atom. The molecule has 2 N–H and O–H groups in total. The van der Waals surface area contributed by atoms with Crippen LogP contribution >= 0.6 is 24.8 Å². The lowest BCUT2D eigenvalue weighted by Crippen LogP contribution is -2.45. The maximum absolute atomic E-state index is 13.2. The SMILES string of the molecule is Cl.Cl.Fc1ccc([C@H]2NCCC[C@H]2NCc2cc(C(F)(F)F)cc(C(F)(F)F)c2)cc1. The summed E-state index contributed by atoms with van der Waals surface area (Å²) in [6.45, 7) is 0.555. The second-order valence-electron chi connectivity index (χ2n) is 7.03. The fourth-order valence-corrected chi connectivity index (χ4v) is 3.50. The van der Waals surface area contributed by atoms with Gasteiger partial charge < -0.3 is 10.6 Å². The van der Waals surface area contributed by atoms with Crippen molar-refractivity contribution in [3.63, 3.8) is 0 Å². The molecule has 11 heteroatoms. The number of rotatable bonds is 4. The number of piperidine rings is 1. The van der Waals surface area contributed by atoms with Crippen LogP contribution in [0.1, 0.15) is 41.1 Å². The first-order chi connectivity index (χ1) is 13.5. The first-order valence-corrected chi connectivity index (χ1v) is 9.04. The molecule has 0 aromatic heterocycles. The summed E-state index contributed by atoms with van der Waals surface area (Å²) < 4.78 is 91.3. The smallest absolute Gasteiger partial charge is 0.309 e. The summed E-state index contributed by atoms with van der Waals surface area (Å²) in [7, 11) is 0. The van der Waals surface area contributed by atoms with E-state index < -0.39 is 29.3 Å². The molecule has 1 heterocycles. The number of hydrogen-bond acceptors (Lipinski definition) is 2. The third-order valence-corrected chi connectivity index (χ3v) is 4.90. The van der Waals surface area contributed by atoms with Crippen LogP contribution in [-0.4, -0.2) is 12.6 Å². The van der Waals surface area contributed by atoms with Gasteiger partial charge in [0.1, 0.15) is 5.82 Å². The van der Waals surface area contributed by atoms with Crippen LogP contribution in [0.2, 0.25) is 0 Å². The average Bonchev–Trinajstić information content (AvgIpc) is 2.66. The number of nitrogens with one attached hydrogen (secondary N) is 2. The Balaban J connectivity index is 0.00000240. The minimum absolute atomic E-state index is 0. The third kappa shape index (κ3) is 7.24. The predicted octanol–water partition coefficient (Wildman–Crippen LogP) is 6.29. The molecule has 0 saturated carbocycles. The van der Waals surface area contributed by atoms with Crippen LogP contribution in [0, 0.1) is 5.82 Å². The van der Waals surface area contributed by atoms with Gasteiger partial charge in [-0.1, -0.05) is 12.1 Å². The van der Waals surface area contributed by atoms with E-state index in [4.69, 9.17) is 0 Å². The molecular formula is C20H21Cl2F7N2. The lowest BCUT2D eigenvalue weighted by molar-refractivity contribution is -0.143. The molecule has 1 aliphatic heterocycles. The van der Waals surface area contributed by atoms with Gasteiger partial charge in [0, 0.05) is 18.6 Å². The summed E-state index contributed by atoms with van der Waals surface area (Å²) in [5.41, 5.74) is -1.97. The largest absolute Gasteiger partial charge is 0.416 e. The van der Waals surface area contributed by atoms with Gasteiger partial charge in [0.05, 0.1) is 11.1 Å². The van der Waals surface area contributed by atoms with E-state index in [0.717, 1.165) is 24.1 Å². The molecule has 0 radical (unpaired) electrons. The van der Waals surface area contributed by atoms with Crippen molar-refractivity contribution in [2.45, 2.75) is 43.8 Å². The summed E-state index contributed by atoms with van der Waals surface area (Å²) in [5, 5.41) is 6.33. The Morgan fingerprint density at radius 3 is 1.94 bits per heavy atom. The normalized spacial score (nSPS) is 19.3. The van der Waals surface area contributed by atoms with Crippen molar-refractivity contribution in [3.05, 3.63) is 70.5 Å². The lowest BCUT2D eigenvalue weighted by atomic mass is 9.92.